The SMILES string of the molecule is CC(NC(=O)c1ccccc1NS(C)(=O)=O)C(C)C(=O)O. The van der Waals surface area contributed by atoms with Crippen LogP contribution in [0.25, 0.3) is 0 Å². The summed E-state index contributed by atoms with van der Waals surface area (Å²) in [4.78, 5) is 23.0. The van der Waals surface area contributed by atoms with E-state index in [0.29, 0.717) is 0 Å². The lowest BCUT2D eigenvalue weighted by Gasteiger charge is -2.19. The van der Waals surface area contributed by atoms with Gasteiger partial charge in [0.05, 0.1) is 23.4 Å². The largest absolute Gasteiger partial charge is 0.481 e. The third-order valence-electron chi connectivity index (χ3n) is 2.97. The number of rotatable bonds is 6. The number of carbonyl (C=O) groups excluding carboxylic acids is 1. The Balaban J connectivity index is 2.95. The molecule has 21 heavy (non-hydrogen) atoms. The Morgan fingerprint density at radius 3 is 2.29 bits per heavy atom. The van der Waals surface area contributed by atoms with Gasteiger partial charge >= 0.3 is 5.97 Å². The van der Waals surface area contributed by atoms with Crippen molar-refractivity contribution in [3.8, 4) is 0 Å². The van der Waals surface area contributed by atoms with Gasteiger partial charge in [-0.2, -0.15) is 0 Å². The fourth-order valence-corrected chi connectivity index (χ4v) is 2.17. The molecule has 116 valence electrons. The van der Waals surface area contributed by atoms with Crippen molar-refractivity contribution in [3.63, 3.8) is 0 Å². The summed E-state index contributed by atoms with van der Waals surface area (Å²) in [6.45, 7) is 3.05. The summed E-state index contributed by atoms with van der Waals surface area (Å²) in [5.74, 6) is -2.32. The van der Waals surface area contributed by atoms with Crippen molar-refractivity contribution in [3.05, 3.63) is 29.8 Å². The average molecular weight is 314 g/mol. The van der Waals surface area contributed by atoms with Crippen molar-refractivity contribution >= 4 is 27.6 Å². The Morgan fingerprint density at radius 2 is 1.76 bits per heavy atom. The summed E-state index contributed by atoms with van der Waals surface area (Å²) in [5, 5.41) is 11.4. The number of benzene rings is 1. The van der Waals surface area contributed by atoms with Crippen LogP contribution in [0.2, 0.25) is 0 Å². The van der Waals surface area contributed by atoms with E-state index in [1.807, 2.05) is 0 Å². The summed E-state index contributed by atoms with van der Waals surface area (Å²) in [7, 11) is -3.52. The number of para-hydroxylation sites is 1. The fraction of sp³-hybridized carbons (Fsp3) is 0.385. The summed E-state index contributed by atoms with van der Waals surface area (Å²) < 4.78 is 24.8. The molecule has 3 N–H and O–H groups in total. The first-order chi connectivity index (χ1) is 9.61. The fourth-order valence-electron chi connectivity index (χ4n) is 1.59. The van der Waals surface area contributed by atoms with Gasteiger partial charge in [0.25, 0.3) is 5.91 Å². The Bertz CT molecular complexity index is 642. The molecule has 0 heterocycles. The number of hydrogen-bond acceptors (Lipinski definition) is 4. The topological polar surface area (TPSA) is 113 Å². The highest BCUT2D eigenvalue weighted by atomic mass is 32.2. The first-order valence-electron chi connectivity index (χ1n) is 6.22. The van der Waals surface area contributed by atoms with Crippen molar-refractivity contribution in [2.75, 3.05) is 11.0 Å². The molecule has 0 radical (unpaired) electrons. The molecule has 8 heteroatoms. The zero-order chi connectivity index (χ0) is 16.2. The minimum atomic E-state index is -3.52. The number of anilines is 1. The Morgan fingerprint density at radius 1 is 1.19 bits per heavy atom. The number of hydrogen-bond donors (Lipinski definition) is 3. The number of sulfonamides is 1. The van der Waals surface area contributed by atoms with Crippen molar-refractivity contribution in [2.45, 2.75) is 19.9 Å². The third kappa shape index (κ3) is 5.07. The zero-order valence-corrected chi connectivity index (χ0v) is 12.8. The van der Waals surface area contributed by atoms with Gasteiger partial charge in [-0.25, -0.2) is 8.42 Å². The molecule has 0 aromatic heterocycles. The van der Waals surface area contributed by atoms with E-state index in [-0.39, 0.29) is 11.3 Å². The average Bonchev–Trinajstić information content (AvgIpc) is 2.36. The van der Waals surface area contributed by atoms with Crippen LogP contribution in [-0.4, -0.2) is 37.7 Å². The number of carboxylic acid groups (broad SMARTS) is 1. The van der Waals surface area contributed by atoms with Crippen molar-refractivity contribution in [2.24, 2.45) is 5.92 Å². The van der Waals surface area contributed by atoms with E-state index in [9.17, 15) is 18.0 Å². The standard InChI is InChI=1S/C13H18N2O5S/c1-8(13(17)18)9(2)14-12(16)10-6-4-5-7-11(10)15-21(3,19)20/h4-9,15H,1-3H3,(H,14,16)(H,17,18). The van der Waals surface area contributed by atoms with Crippen molar-refractivity contribution in [1.82, 2.24) is 5.32 Å². The highest BCUT2D eigenvalue weighted by Crippen LogP contribution is 2.17. The smallest absolute Gasteiger partial charge is 0.308 e. The van der Waals surface area contributed by atoms with E-state index in [4.69, 9.17) is 5.11 Å². The maximum Gasteiger partial charge on any atom is 0.308 e. The molecule has 2 unspecified atom stereocenters. The predicted octanol–water partition coefficient (Wildman–Crippen LogP) is 0.897. The summed E-state index contributed by atoms with van der Waals surface area (Å²) in [6, 6.07) is 5.50. The van der Waals surface area contributed by atoms with Crippen LogP contribution in [0.3, 0.4) is 0 Å². The zero-order valence-electron chi connectivity index (χ0n) is 12.0. The van der Waals surface area contributed by atoms with Gasteiger partial charge in [-0.15, -0.1) is 0 Å². The maximum atomic E-state index is 12.1. The van der Waals surface area contributed by atoms with E-state index in [1.165, 1.54) is 19.1 Å². The summed E-state index contributed by atoms with van der Waals surface area (Å²) >= 11 is 0. The second kappa shape index (κ2) is 6.57. The molecule has 2 atom stereocenters. The van der Waals surface area contributed by atoms with Crippen LogP contribution < -0.4 is 10.0 Å². The van der Waals surface area contributed by atoms with Crippen LogP contribution >= 0.6 is 0 Å². The molecule has 1 amide bonds. The van der Waals surface area contributed by atoms with E-state index < -0.39 is 33.9 Å². The molecular formula is C13H18N2O5S. The van der Waals surface area contributed by atoms with Gasteiger partial charge in [0.2, 0.25) is 10.0 Å². The van der Waals surface area contributed by atoms with E-state index in [2.05, 4.69) is 10.0 Å². The molecule has 0 bridgehead atoms. The van der Waals surface area contributed by atoms with Crippen molar-refractivity contribution < 1.29 is 23.1 Å². The molecule has 0 spiro atoms. The Labute approximate surface area is 123 Å². The van der Waals surface area contributed by atoms with Gasteiger partial charge in [0.1, 0.15) is 0 Å². The van der Waals surface area contributed by atoms with E-state index >= 15 is 0 Å². The molecule has 0 saturated heterocycles. The minimum Gasteiger partial charge on any atom is -0.481 e. The molecule has 1 aromatic carbocycles. The highest BCUT2D eigenvalue weighted by Gasteiger charge is 2.22. The van der Waals surface area contributed by atoms with Gasteiger partial charge in [-0.05, 0) is 26.0 Å². The second-order valence-electron chi connectivity index (χ2n) is 4.81. The number of carbonyl (C=O) groups is 2. The lowest BCUT2D eigenvalue weighted by molar-refractivity contribution is -0.141. The predicted molar refractivity (Wildman–Crippen MR) is 78.6 cm³/mol. The van der Waals surface area contributed by atoms with Crippen LogP contribution in [-0.2, 0) is 14.8 Å². The van der Waals surface area contributed by atoms with Gasteiger partial charge in [0, 0.05) is 6.04 Å². The number of carboxylic acids is 1. The molecule has 7 nitrogen and oxygen atoms in total. The van der Waals surface area contributed by atoms with Crippen LogP contribution in [0.5, 0.6) is 0 Å². The quantitative estimate of drug-likeness (QED) is 0.722. The first-order valence-corrected chi connectivity index (χ1v) is 8.11. The Hall–Kier alpha value is -2.09. The van der Waals surface area contributed by atoms with Gasteiger partial charge in [-0.1, -0.05) is 12.1 Å². The lowest BCUT2D eigenvalue weighted by atomic mass is 10.0. The van der Waals surface area contributed by atoms with E-state index in [1.54, 1.807) is 19.1 Å². The molecule has 1 aromatic rings. The first kappa shape index (κ1) is 17.0. The number of amides is 1. The number of aliphatic carboxylic acids is 1. The highest BCUT2D eigenvalue weighted by molar-refractivity contribution is 7.92. The van der Waals surface area contributed by atoms with Crippen LogP contribution in [0.15, 0.2) is 24.3 Å². The molecule has 0 aliphatic rings. The lowest BCUT2D eigenvalue weighted by Crippen LogP contribution is -2.40. The van der Waals surface area contributed by atoms with Crippen LogP contribution in [0.4, 0.5) is 5.69 Å². The molecular weight excluding hydrogens is 296 g/mol. The number of nitrogens with one attached hydrogen (secondary N) is 2. The molecule has 0 fully saturated rings. The van der Waals surface area contributed by atoms with Gasteiger partial charge in [-0.3, -0.25) is 14.3 Å². The van der Waals surface area contributed by atoms with Crippen molar-refractivity contribution in [1.29, 1.82) is 0 Å². The van der Waals surface area contributed by atoms with Gasteiger partial charge in [0.15, 0.2) is 0 Å². The molecule has 1 rings (SSSR count). The normalized spacial score (nSPS) is 14.0. The Kier molecular flexibility index (Phi) is 5.31. The second-order valence-corrected chi connectivity index (χ2v) is 6.56. The molecule has 0 saturated carbocycles. The van der Waals surface area contributed by atoms with Crippen LogP contribution in [0.1, 0.15) is 24.2 Å². The summed E-state index contributed by atoms with van der Waals surface area (Å²) in [6.07, 6.45) is 0.983. The molecule has 0 aliphatic heterocycles. The third-order valence-corrected chi connectivity index (χ3v) is 3.56. The molecule has 0 aliphatic carbocycles. The van der Waals surface area contributed by atoms with E-state index in [0.717, 1.165) is 6.26 Å². The maximum absolute atomic E-state index is 12.1. The van der Waals surface area contributed by atoms with Crippen LogP contribution in [0, 0.1) is 5.92 Å². The summed E-state index contributed by atoms with van der Waals surface area (Å²) in [5.41, 5.74) is 0.278. The van der Waals surface area contributed by atoms with Gasteiger partial charge < -0.3 is 10.4 Å². The monoisotopic (exact) mass is 314 g/mol. The minimum absolute atomic E-state index is 0.132.